The predicted molar refractivity (Wildman–Crippen MR) is 192 cm³/mol. The molecule has 0 saturated carbocycles. The second kappa shape index (κ2) is 16.5. The normalized spacial score (nSPS) is 13.4. The monoisotopic (exact) mass is 670 g/mol. The summed E-state index contributed by atoms with van der Waals surface area (Å²) in [5.41, 5.74) is 4.52. The third kappa shape index (κ3) is 10.2. The molecule has 0 aromatic heterocycles. The Labute approximate surface area is 284 Å². The molecular formula is C38H46N4O5S. The Bertz CT molecular complexity index is 1780. The number of hydrogen-bond donors (Lipinski definition) is 4. The molecule has 0 spiro atoms. The lowest BCUT2D eigenvalue weighted by atomic mass is 9.99. The summed E-state index contributed by atoms with van der Waals surface area (Å²) in [5.74, 6) is -0.611. The SMILES string of the molecule is CC(C)c1cccc(CNCC(O)C(Cc2ccccc2)NC(=O)c2cc(C(=O)NC(C)c3ccccc3)cc(N(C)S(C)(=O)=O)c2)c1. The summed E-state index contributed by atoms with van der Waals surface area (Å²) in [6.45, 7) is 6.89. The molecule has 0 bridgehead atoms. The minimum atomic E-state index is -3.70. The van der Waals surface area contributed by atoms with Crippen LogP contribution in [0.3, 0.4) is 0 Å². The molecule has 3 atom stereocenters. The van der Waals surface area contributed by atoms with E-state index in [1.54, 1.807) is 0 Å². The quantitative estimate of drug-likeness (QED) is 0.138. The summed E-state index contributed by atoms with van der Waals surface area (Å²) < 4.78 is 26.0. The molecule has 0 aliphatic carbocycles. The third-order valence-corrected chi connectivity index (χ3v) is 9.54. The van der Waals surface area contributed by atoms with Crippen molar-refractivity contribution >= 4 is 27.5 Å². The molecule has 0 saturated heterocycles. The zero-order chi connectivity index (χ0) is 34.8. The fourth-order valence-electron chi connectivity index (χ4n) is 5.32. The smallest absolute Gasteiger partial charge is 0.251 e. The lowest BCUT2D eigenvalue weighted by Crippen LogP contribution is -2.48. The molecule has 10 heteroatoms. The number of hydrogen-bond acceptors (Lipinski definition) is 6. The summed E-state index contributed by atoms with van der Waals surface area (Å²) in [4.78, 5) is 27.3. The van der Waals surface area contributed by atoms with Crippen molar-refractivity contribution in [3.8, 4) is 0 Å². The van der Waals surface area contributed by atoms with Gasteiger partial charge in [0, 0.05) is 31.3 Å². The van der Waals surface area contributed by atoms with Crippen LogP contribution in [0.4, 0.5) is 5.69 Å². The van der Waals surface area contributed by atoms with Crippen molar-refractivity contribution in [2.75, 3.05) is 24.2 Å². The van der Waals surface area contributed by atoms with Gasteiger partial charge in [0.25, 0.3) is 11.8 Å². The van der Waals surface area contributed by atoms with Crippen molar-refractivity contribution < 1.29 is 23.1 Å². The maximum atomic E-state index is 13.8. The number of anilines is 1. The van der Waals surface area contributed by atoms with Crippen LogP contribution in [0.2, 0.25) is 0 Å². The zero-order valence-electron chi connectivity index (χ0n) is 28.2. The van der Waals surface area contributed by atoms with Crippen LogP contribution >= 0.6 is 0 Å². The molecule has 48 heavy (non-hydrogen) atoms. The molecular weight excluding hydrogens is 625 g/mol. The van der Waals surface area contributed by atoms with E-state index in [1.807, 2.05) is 79.7 Å². The maximum Gasteiger partial charge on any atom is 0.251 e. The minimum Gasteiger partial charge on any atom is -0.390 e. The average molecular weight is 671 g/mol. The van der Waals surface area contributed by atoms with Crippen LogP contribution in [0.1, 0.15) is 75.7 Å². The van der Waals surface area contributed by atoms with Gasteiger partial charge in [0.05, 0.1) is 30.1 Å². The number of aliphatic hydroxyl groups excluding tert-OH is 1. The first-order chi connectivity index (χ1) is 22.8. The Morgan fingerprint density at radius 2 is 1.31 bits per heavy atom. The predicted octanol–water partition coefficient (Wildman–Crippen LogP) is 5.19. The molecule has 4 N–H and O–H groups in total. The van der Waals surface area contributed by atoms with Gasteiger partial charge in [0.1, 0.15) is 0 Å². The number of benzene rings is 4. The number of rotatable bonds is 15. The number of carbonyl (C=O) groups excluding carboxylic acids is 2. The Kier molecular flexibility index (Phi) is 12.5. The van der Waals surface area contributed by atoms with Crippen molar-refractivity contribution in [3.63, 3.8) is 0 Å². The van der Waals surface area contributed by atoms with Crippen LogP contribution in [-0.2, 0) is 23.0 Å². The van der Waals surface area contributed by atoms with Crippen molar-refractivity contribution in [3.05, 3.63) is 137 Å². The molecule has 3 unspecified atom stereocenters. The van der Waals surface area contributed by atoms with Gasteiger partial charge in [-0.1, -0.05) is 98.8 Å². The van der Waals surface area contributed by atoms with Gasteiger partial charge >= 0.3 is 0 Å². The number of carbonyl (C=O) groups is 2. The van der Waals surface area contributed by atoms with Crippen LogP contribution in [-0.4, -0.2) is 57.3 Å². The minimum absolute atomic E-state index is 0.0873. The summed E-state index contributed by atoms with van der Waals surface area (Å²) in [5, 5.41) is 20.6. The second-order valence-corrected chi connectivity index (χ2v) is 14.5. The fraction of sp³-hybridized carbons (Fsp3) is 0.316. The number of nitrogens with one attached hydrogen (secondary N) is 3. The highest BCUT2D eigenvalue weighted by molar-refractivity contribution is 7.92. The first-order valence-corrected chi connectivity index (χ1v) is 17.9. The second-order valence-electron chi connectivity index (χ2n) is 12.5. The van der Waals surface area contributed by atoms with E-state index in [4.69, 9.17) is 0 Å². The Balaban J connectivity index is 1.57. The average Bonchev–Trinajstić information content (AvgIpc) is 3.07. The van der Waals surface area contributed by atoms with E-state index in [0.29, 0.717) is 18.9 Å². The zero-order valence-corrected chi connectivity index (χ0v) is 29.0. The van der Waals surface area contributed by atoms with Crippen molar-refractivity contribution in [1.29, 1.82) is 0 Å². The van der Waals surface area contributed by atoms with Crippen LogP contribution < -0.4 is 20.3 Å². The number of aliphatic hydroxyl groups is 1. The molecule has 0 aliphatic heterocycles. The third-order valence-electron chi connectivity index (χ3n) is 8.33. The van der Waals surface area contributed by atoms with E-state index < -0.39 is 34.0 Å². The van der Waals surface area contributed by atoms with Gasteiger partial charge in [-0.15, -0.1) is 0 Å². The van der Waals surface area contributed by atoms with Gasteiger partial charge in [0.2, 0.25) is 10.0 Å². The van der Waals surface area contributed by atoms with Gasteiger partial charge < -0.3 is 21.1 Å². The van der Waals surface area contributed by atoms with Crippen molar-refractivity contribution in [1.82, 2.24) is 16.0 Å². The van der Waals surface area contributed by atoms with Gasteiger partial charge in [-0.3, -0.25) is 13.9 Å². The first kappa shape index (κ1) is 36.3. The van der Waals surface area contributed by atoms with E-state index in [0.717, 1.165) is 27.3 Å². The molecule has 2 amide bonds. The van der Waals surface area contributed by atoms with E-state index in [-0.39, 0.29) is 29.4 Å². The summed E-state index contributed by atoms with van der Waals surface area (Å²) >= 11 is 0. The number of sulfonamides is 1. The molecule has 4 rings (SSSR count). The molecule has 4 aromatic carbocycles. The molecule has 254 valence electrons. The molecule has 0 aliphatic rings. The van der Waals surface area contributed by atoms with E-state index in [9.17, 15) is 23.1 Å². The molecule has 9 nitrogen and oxygen atoms in total. The molecule has 0 fully saturated rings. The van der Waals surface area contributed by atoms with E-state index >= 15 is 0 Å². The van der Waals surface area contributed by atoms with Crippen LogP contribution in [0.15, 0.2) is 103 Å². The Morgan fingerprint density at radius 1 is 0.750 bits per heavy atom. The first-order valence-electron chi connectivity index (χ1n) is 16.1. The highest BCUT2D eigenvalue weighted by Crippen LogP contribution is 2.23. The van der Waals surface area contributed by atoms with Gasteiger partial charge in [-0.05, 0) is 59.7 Å². The number of amides is 2. The van der Waals surface area contributed by atoms with Crippen molar-refractivity contribution in [2.24, 2.45) is 0 Å². The largest absolute Gasteiger partial charge is 0.390 e. The van der Waals surface area contributed by atoms with Gasteiger partial charge in [-0.25, -0.2) is 8.42 Å². The summed E-state index contributed by atoms with van der Waals surface area (Å²) in [6, 6.07) is 30.5. The summed E-state index contributed by atoms with van der Waals surface area (Å²) in [6.07, 6.45) is 0.442. The van der Waals surface area contributed by atoms with Gasteiger partial charge in [-0.2, -0.15) is 0 Å². The Morgan fingerprint density at radius 3 is 1.92 bits per heavy atom. The fourth-order valence-corrected chi connectivity index (χ4v) is 5.81. The maximum absolute atomic E-state index is 13.8. The topological polar surface area (TPSA) is 128 Å². The van der Waals surface area contributed by atoms with Crippen molar-refractivity contribution in [2.45, 2.75) is 57.8 Å². The highest BCUT2D eigenvalue weighted by atomic mass is 32.2. The lowest BCUT2D eigenvalue weighted by molar-refractivity contribution is 0.0830. The van der Waals surface area contributed by atoms with Crippen LogP contribution in [0, 0.1) is 0 Å². The van der Waals surface area contributed by atoms with Gasteiger partial charge in [0.15, 0.2) is 0 Å². The molecule has 0 radical (unpaired) electrons. The highest BCUT2D eigenvalue weighted by Gasteiger charge is 2.25. The molecule has 4 aromatic rings. The van der Waals surface area contributed by atoms with E-state index in [2.05, 4.69) is 41.9 Å². The lowest BCUT2D eigenvalue weighted by Gasteiger charge is -2.26. The summed E-state index contributed by atoms with van der Waals surface area (Å²) in [7, 11) is -2.34. The van der Waals surface area contributed by atoms with Crippen LogP contribution in [0.25, 0.3) is 0 Å². The van der Waals surface area contributed by atoms with E-state index in [1.165, 1.54) is 30.8 Å². The molecule has 0 heterocycles. The number of nitrogens with zero attached hydrogens (tertiary/aromatic N) is 1. The standard InChI is InChI=1S/C38H46N4O5S/c1-26(2)31-18-12-15-29(19-31)24-39-25-36(43)35(20-28-13-8-6-9-14-28)41-38(45)33-21-32(22-34(23-33)42(4)48(5,46)47)37(44)40-27(3)30-16-10-7-11-17-30/h6-19,21-23,26-27,35-36,39,43H,20,24-25H2,1-5H3,(H,40,44)(H,41,45). The Hall–Kier alpha value is -4.51. The van der Waals surface area contributed by atoms with Crippen LogP contribution in [0.5, 0.6) is 0 Å².